The second-order valence-electron chi connectivity index (χ2n) is 1.73. The molecular weight excluding hydrogens is 199 g/mol. The van der Waals surface area contributed by atoms with Crippen molar-refractivity contribution in [3.63, 3.8) is 0 Å². The number of anilines is 1. The van der Waals surface area contributed by atoms with Gasteiger partial charge in [0.05, 0.1) is 5.69 Å². The zero-order valence-electron chi connectivity index (χ0n) is 5.07. The van der Waals surface area contributed by atoms with Gasteiger partial charge in [0.1, 0.15) is 0 Å². The topological polar surface area (TPSA) is 24.1 Å². The molecule has 0 heterocycles. The number of hydrazine groups is 1. The van der Waals surface area contributed by atoms with E-state index in [1.807, 2.05) is 12.1 Å². The number of nitrogens with one attached hydrogen (secondary N) is 2. The van der Waals surface area contributed by atoms with E-state index in [1.54, 1.807) is 12.1 Å². The lowest BCUT2D eigenvalue weighted by atomic mass is 10.3. The van der Waals surface area contributed by atoms with Crippen LogP contribution in [0.2, 0.25) is 0 Å². The molecule has 1 aromatic rings. The highest BCUT2D eigenvalue weighted by Crippen LogP contribution is 2.12. The van der Waals surface area contributed by atoms with Crippen molar-refractivity contribution in [1.29, 1.82) is 0 Å². The molecule has 10 heavy (non-hydrogen) atoms. The normalized spacial score (nSPS) is 9.40. The van der Waals surface area contributed by atoms with Gasteiger partial charge in [0.2, 0.25) is 0 Å². The highest BCUT2D eigenvalue weighted by molar-refractivity contribution is 9.10. The first kappa shape index (κ1) is 7.50. The Labute approximate surface area is 66.5 Å². The maximum absolute atomic E-state index is 11.4. The minimum Gasteiger partial charge on any atom is -0.295 e. The van der Waals surface area contributed by atoms with Crippen LogP contribution in [0, 0.1) is 0 Å². The average Bonchev–Trinajstić information content (AvgIpc) is 1.95. The van der Waals surface area contributed by atoms with E-state index in [4.69, 9.17) is 0 Å². The van der Waals surface area contributed by atoms with E-state index < -0.39 is 0 Å². The van der Waals surface area contributed by atoms with E-state index in [-0.39, 0.29) is 0 Å². The fourth-order valence-corrected chi connectivity index (χ4v) is 0.852. The molecule has 2 nitrogen and oxygen atoms in total. The summed E-state index contributed by atoms with van der Waals surface area (Å²) in [7, 11) is 0. The molecule has 0 aromatic heterocycles. The van der Waals surface area contributed by atoms with Crippen LogP contribution < -0.4 is 11.1 Å². The van der Waals surface area contributed by atoms with Crippen LogP contribution in [0.15, 0.2) is 28.7 Å². The summed E-state index contributed by atoms with van der Waals surface area (Å²) >= 11 is 3.25. The number of halogens is 2. The summed E-state index contributed by atoms with van der Waals surface area (Å²) in [5.74, 6) is 0. The van der Waals surface area contributed by atoms with Crippen LogP contribution in [0.3, 0.4) is 0 Å². The van der Waals surface area contributed by atoms with E-state index in [0.29, 0.717) is 5.69 Å². The third-order valence-corrected chi connectivity index (χ3v) is 1.56. The number of hydrogen-bond donors (Lipinski definition) is 2. The highest BCUT2D eigenvalue weighted by atomic mass is 79.9. The largest absolute Gasteiger partial charge is 0.295 e. The number of hydrogen-bond acceptors (Lipinski definition) is 2. The van der Waals surface area contributed by atoms with Crippen molar-refractivity contribution in [2.24, 2.45) is 0 Å². The van der Waals surface area contributed by atoms with Crippen LogP contribution in [0.1, 0.15) is 0 Å². The second-order valence-corrected chi connectivity index (χ2v) is 2.64. The van der Waals surface area contributed by atoms with Crippen molar-refractivity contribution in [1.82, 2.24) is 5.65 Å². The minimum absolute atomic E-state index is 0.686. The van der Waals surface area contributed by atoms with Crippen LogP contribution >= 0.6 is 15.9 Å². The average molecular weight is 205 g/mol. The van der Waals surface area contributed by atoms with Crippen molar-refractivity contribution in [2.75, 3.05) is 5.43 Å². The third kappa shape index (κ3) is 1.97. The van der Waals surface area contributed by atoms with Gasteiger partial charge in [-0.2, -0.15) is 0 Å². The number of benzene rings is 1. The monoisotopic (exact) mass is 204 g/mol. The maximum Gasteiger partial charge on any atom is 0.0513 e. The van der Waals surface area contributed by atoms with E-state index in [1.165, 1.54) is 5.65 Å². The zero-order chi connectivity index (χ0) is 7.40. The Hall–Kier alpha value is -0.610. The van der Waals surface area contributed by atoms with Gasteiger partial charge < -0.3 is 0 Å². The molecule has 0 atom stereocenters. The van der Waals surface area contributed by atoms with Crippen LogP contribution in [0.4, 0.5) is 10.2 Å². The molecule has 0 saturated heterocycles. The van der Waals surface area contributed by atoms with Gasteiger partial charge in [-0.1, -0.05) is 21.6 Å². The van der Waals surface area contributed by atoms with Gasteiger partial charge in [0.25, 0.3) is 0 Å². The van der Waals surface area contributed by atoms with Crippen molar-refractivity contribution in [3.05, 3.63) is 28.7 Å². The molecule has 0 bridgehead atoms. The first-order valence-corrected chi connectivity index (χ1v) is 3.49. The Bertz CT molecular complexity index is 199. The standard InChI is InChI=1S/C6H6BrFN2/c7-5-1-3-6(4-2-5)9-10-8/h1-4,9-10H. The lowest BCUT2D eigenvalue weighted by Crippen LogP contribution is -2.09. The van der Waals surface area contributed by atoms with Gasteiger partial charge in [0, 0.05) is 4.47 Å². The molecule has 2 N–H and O–H groups in total. The Morgan fingerprint density at radius 3 is 2.30 bits per heavy atom. The summed E-state index contributed by atoms with van der Waals surface area (Å²) in [6.45, 7) is 0. The molecule has 1 rings (SSSR count). The lowest BCUT2D eigenvalue weighted by Gasteiger charge is -1.99. The fourth-order valence-electron chi connectivity index (χ4n) is 0.588. The Morgan fingerprint density at radius 2 is 1.80 bits per heavy atom. The first-order chi connectivity index (χ1) is 4.83. The molecular formula is C6H6BrFN2. The summed E-state index contributed by atoms with van der Waals surface area (Å²) in [5.41, 5.74) is 4.32. The third-order valence-electron chi connectivity index (χ3n) is 1.04. The first-order valence-electron chi connectivity index (χ1n) is 2.70. The molecule has 0 saturated carbocycles. The molecule has 0 aliphatic rings. The lowest BCUT2D eigenvalue weighted by molar-refractivity contribution is 0.376. The summed E-state index contributed by atoms with van der Waals surface area (Å²) in [6, 6.07) is 7.13. The molecule has 0 aliphatic heterocycles. The van der Waals surface area contributed by atoms with Crippen LogP contribution in [0.5, 0.6) is 0 Å². The van der Waals surface area contributed by atoms with Crippen LogP contribution in [0.25, 0.3) is 0 Å². The molecule has 0 radical (unpaired) electrons. The molecule has 0 aliphatic carbocycles. The molecule has 0 spiro atoms. The van der Waals surface area contributed by atoms with Gasteiger partial charge in [-0.25, -0.2) is 0 Å². The van der Waals surface area contributed by atoms with Crippen LogP contribution in [-0.4, -0.2) is 0 Å². The summed E-state index contributed by atoms with van der Waals surface area (Å²) in [5, 5.41) is 0. The molecule has 54 valence electrons. The van der Waals surface area contributed by atoms with Crippen molar-refractivity contribution < 1.29 is 4.48 Å². The van der Waals surface area contributed by atoms with Crippen molar-refractivity contribution in [3.8, 4) is 0 Å². The van der Waals surface area contributed by atoms with E-state index in [9.17, 15) is 4.48 Å². The van der Waals surface area contributed by atoms with Crippen molar-refractivity contribution >= 4 is 21.6 Å². The molecule has 0 fully saturated rings. The summed E-state index contributed by atoms with van der Waals surface area (Å²) < 4.78 is 12.4. The zero-order valence-corrected chi connectivity index (χ0v) is 6.65. The molecule has 0 amide bonds. The van der Waals surface area contributed by atoms with Gasteiger partial charge in [-0.15, -0.1) is 4.48 Å². The molecule has 4 heteroatoms. The van der Waals surface area contributed by atoms with Crippen LogP contribution in [-0.2, 0) is 0 Å². The molecule has 1 aromatic carbocycles. The Morgan fingerprint density at radius 1 is 1.20 bits per heavy atom. The maximum atomic E-state index is 11.4. The van der Waals surface area contributed by atoms with Gasteiger partial charge in [-0.3, -0.25) is 5.43 Å². The Balaban J connectivity index is 2.69. The van der Waals surface area contributed by atoms with E-state index >= 15 is 0 Å². The highest BCUT2D eigenvalue weighted by Gasteiger charge is 1.87. The predicted octanol–water partition coefficient (Wildman–Crippen LogP) is 2.25. The summed E-state index contributed by atoms with van der Waals surface area (Å²) in [4.78, 5) is 0. The van der Waals surface area contributed by atoms with E-state index in [2.05, 4.69) is 21.4 Å². The minimum atomic E-state index is 0.686. The quantitative estimate of drug-likeness (QED) is 0.571. The second kappa shape index (κ2) is 3.53. The van der Waals surface area contributed by atoms with E-state index in [0.717, 1.165) is 4.47 Å². The predicted molar refractivity (Wildman–Crippen MR) is 42.0 cm³/mol. The smallest absolute Gasteiger partial charge is 0.0513 e. The van der Waals surface area contributed by atoms with Gasteiger partial charge in [0.15, 0.2) is 0 Å². The molecule has 0 unspecified atom stereocenters. The van der Waals surface area contributed by atoms with Crippen molar-refractivity contribution in [2.45, 2.75) is 0 Å². The van der Waals surface area contributed by atoms with Gasteiger partial charge >= 0.3 is 0 Å². The SMILES string of the molecule is FNNc1ccc(Br)cc1. The van der Waals surface area contributed by atoms with Gasteiger partial charge in [-0.05, 0) is 24.3 Å². The fraction of sp³-hybridized carbons (Fsp3) is 0. The Kier molecular flexibility index (Phi) is 2.65. The number of rotatable bonds is 2. The summed E-state index contributed by atoms with van der Waals surface area (Å²) in [6.07, 6.45) is 0.